The van der Waals surface area contributed by atoms with Crippen molar-refractivity contribution >= 4 is 29.0 Å². The van der Waals surface area contributed by atoms with Gasteiger partial charge in [-0.1, -0.05) is 11.8 Å². The maximum Gasteiger partial charge on any atom is 0.306 e. The minimum Gasteiger partial charge on any atom is -0.467 e. The van der Waals surface area contributed by atoms with Crippen LogP contribution >= 0.6 is 11.8 Å². The molecule has 0 unspecified atom stereocenters. The Morgan fingerprint density at radius 2 is 2.27 bits per heavy atom. The van der Waals surface area contributed by atoms with E-state index < -0.39 is 22.3 Å². The van der Waals surface area contributed by atoms with Crippen LogP contribution in [0.3, 0.4) is 0 Å². The fourth-order valence-electron chi connectivity index (χ4n) is 2.01. The van der Waals surface area contributed by atoms with E-state index in [4.69, 9.17) is 4.42 Å². The number of rotatable bonds is 7. The largest absolute Gasteiger partial charge is 0.467 e. The number of halogens is 1. The van der Waals surface area contributed by atoms with E-state index in [0.29, 0.717) is 17.5 Å². The molecule has 26 heavy (non-hydrogen) atoms. The smallest absolute Gasteiger partial charge is 0.306 e. The van der Waals surface area contributed by atoms with Gasteiger partial charge in [-0.05, 0) is 34.7 Å². The van der Waals surface area contributed by atoms with Gasteiger partial charge in [-0.15, -0.1) is 5.10 Å². The number of nitro groups is 1. The highest BCUT2D eigenvalue weighted by Gasteiger charge is 2.16. The Morgan fingerprint density at radius 1 is 1.42 bits per heavy atom. The molecule has 0 bridgehead atoms. The molecule has 12 heteroatoms. The van der Waals surface area contributed by atoms with Crippen LogP contribution in [0, 0.1) is 15.9 Å². The summed E-state index contributed by atoms with van der Waals surface area (Å²) < 4.78 is 20.0. The molecule has 0 spiro atoms. The quantitative estimate of drug-likeness (QED) is 0.376. The van der Waals surface area contributed by atoms with Crippen molar-refractivity contribution in [2.24, 2.45) is 0 Å². The first-order valence-corrected chi connectivity index (χ1v) is 8.16. The van der Waals surface area contributed by atoms with Crippen molar-refractivity contribution in [2.45, 2.75) is 11.7 Å². The van der Waals surface area contributed by atoms with Gasteiger partial charge < -0.3 is 9.73 Å². The molecule has 134 valence electrons. The first-order valence-electron chi connectivity index (χ1n) is 7.18. The highest BCUT2D eigenvalue weighted by molar-refractivity contribution is 7.99. The number of benzene rings is 1. The third kappa shape index (κ3) is 4.22. The summed E-state index contributed by atoms with van der Waals surface area (Å²) in [5, 5.41) is 24.8. The lowest BCUT2D eigenvalue weighted by molar-refractivity contribution is -0.387. The number of carbonyl (C=O) groups excluding carboxylic acids is 1. The first kappa shape index (κ1) is 17.5. The summed E-state index contributed by atoms with van der Waals surface area (Å²) in [6.45, 7) is 0.314. The molecule has 0 saturated heterocycles. The van der Waals surface area contributed by atoms with Gasteiger partial charge in [0.1, 0.15) is 12.3 Å². The maximum atomic E-state index is 13.3. The Balaban J connectivity index is 1.59. The van der Waals surface area contributed by atoms with Crippen molar-refractivity contribution < 1.29 is 18.5 Å². The van der Waals surface area contributed by atoms with Crippen molar-refractivity contribution in [1.82, 2.24) is 20.2 Å². The molecule has 0 fully saturated rings. The zero-order valence-electron chi connectivity index (χ0n) is 13.0. The Hall–Kier alpha value is -3.28. The second kappa shape index (κ2) is 7.74. The van der Waals surface area contributed by atoms with E-state index in [2.05, 4.69) is 20.8 Å². The number of hydrogen-bond acceptors (Lipinski definition) is 8. The van der Waals surface area contributed by atoms with E-state index in [-0.39, 0.29) is 11.4 Å². The molecule has 0 aliphatic rings. The second-order valence-electron chi connectivity index (χ2n) is 4.96. The van der Waals surface area contributed by atoms with Gasteiger partial charge >= 0.3 is 5.69 Å². The van der Waals surface area contributed by atoms with Crippen molar-refractivity contribution in [3.05, 3.63) is 58.3 Å². The summed E-state index contributed by atoms with van der Waals surface area (Å²) in [4.78, 5) is 21.9. The number of hydrogen-bond donors (Lipinski definition) is 1. The van der Waals surface area contributed by atoms with Crippen LogP contribution in [-0.4, -0.2) is 36.8 Å². The molecule has 1 N–H and O–H groups in total. The summed E-state index contributed by atoms with van der Waals surface area (Å²) in [5.74, 6) is -0.797. The van der Waals surface area contributed by atoms with Crippen molar-refractivity contribution in [3.63, 3.8) is 0 Å². The van der Waals surface area contributed by atoms with Crippen molar-refractivity contribution in [2.75, 3.05) is 11.1 Å². The van der Waals surface area contributed by atoms with Crippen LogP contribution in [-0.2, 0) is 11.3 Å². The van der Waals surface area contributed by atoms with Crippen LogP contribution in [0.1, 0.15) is 5.76 Å². The van der Waals surface area contributed by atoms with Gasteiger partial charge in [0.25, 0.3) is 0 Å². The van der Waals surface area contributed by atoms with Crippen LogP contribution in [0.25, 0.3) is 0 Å². The SMILES string of the molecule is O=C(CSc1nnnn1Cc1ccco1)Nc1ccc(F)c([N+](=O)[O-])c1. The van der Waals surface area contributed by atoms with Crippen LogP contribution < -0.4 is 5.32 Å². The Morgan fingerprint density at radius 3 is 3.00 bits per heavy atom. The van der Waals surface area contributed by atoms with Gasteiger partial charge in [0.15, 0.2) is 0 Å². The van der Waals surface area contributed by atoms with E-state index in [1.165, 1.54) is 17.0 Å². The number of nitro benzene ring substituents is 1. The lowest BCUT2D eigenvalue weighted by atomic mass is 10.2. The topological polar surface area (TPSA) is 129 Å². The van der Waals surface area contributed by atoms with E-state index in [0.717, 1.165) is 23.9 Å². The summed E-state index contributed by atoms with van der Waals surface area (Å²) in [6, 6.07) is 6.63. The maximum absolute atomic E-state index is 13.3. The molecule has 0 atom stereocenters. The molecular formula is C14H11FN6O4S. The third-order valence-corrected chi connectivity index (χ3v) is 4.10. The molecule has 0 aliphatic carbocycles. The number of nitrogens with zero attached hydrogens (tertiary/aromatic N) is 5. The summed E-state index contributed by atoms with van der Waals surface area (Å²) >= 11 is 1.08. The highest BCUT2D eigenvalue weighted by Crippen LogP contribution is 2.22. The summed E-state index contributed by atoms with van der Waals surface area (Å²) in [7, 11) is 0. The number of carbonyl (C=O) groups is 1. The first-order chi connectivity index (χ1) is 12.5. The summed E-state index contributed by atoms with van der Waals surface area (Å²) in [5.41, 5.74) is -0.586. The van der Waals surface area contributed by atoms with Crippen LogP contribution in [0.2, 0.25) is 0 Å². The monoisotopic (exact) mass is 378 g/mol. The van der Waals surface area contributed by atoms with Gasteiger partial charge in [-0.25, -0.2) is 4.68 Å². The van der Waals surface area contributed by atoms with Gasteiger partial charge in [0.05, 0.1) is 16.9 Å². The minimum atomic E-state index is -0.973. The number of thioether (sulfide) groups is 1. The Kier molecular flexibility index (Phi) is 5.22. The van der Waals surface area contributed by atoms with Gasteiger partial charge in [-0.3, -0.25) is 14.9 Å². The minimum absolute atomic E-state index is 0.0380. The van der Waals surface area contributed by atoms with Crippen molar-refractivity contribution in [3.8, 4) is 0 Å². The molecule has 0 aliphatic heterocycles. The van der Waals surface area contributed by atoms with Gasteiger partial charge in [0, 0.05) is 11.8 Å². The fourth-order valence-corrected chi connectivity index (χ4v) is 2.68. The van der Waals surface area contributed by atoms with Crippen LogP contribution in [0.15, 0.2) is 46.2 Å². The fraction of sp³-hybridized carbons (Fsp3) is 0.143. The molecule has 3 rings (SSSR count). The number of amides is 1. The third-order valence-electron chi connectivity index (χ3n) is 3.14. The van der Waals surface area contributed by atoms with E-state index >= 15 is 0 Å². The normalized spacial score (nSPS) is 10.7. The standard InChI is InChI=1S/C14H11FN6O4S/c15-11-4-3-9(6-12(11)21(23)24)16-13(22)8-26-14-17-18-19-20(14)7-10-2-1-5-25-10/h1-6H,7-8H2,(H,16,22). The van der Waals surface area contributed by atoms with E-state index in [1.807, 2.05) is 0 Å². The molecule has 2 heterocycles. The molecule has 1 aromatic carbocycles. The molecule has 0 saturated carbocycles. The second-order valence-corrected chi connectivity index (χ2v) is 5.90. The Bertz CT molecular complexity index is 929. The molecule has 10 nitrogen and oxygen atoms in total. The van der Waals surface area contributed by atoms with Gasteiger partial charge in [0.2, 0.25) is 16.9 Å². The number of aromatic nitrogens is 4. The molecular weight excluding hydrogens is 367 g/mol. The number of nitrogens with one attached hydrogen (secondary N) is 1. The van der Waals surface area contributed by atoms with Crippen LogP contribution in [0.5, 0.6) is 0 Å². The predicted octanol–water partition coefficient (Wildman–Crippen LogP) is 2.09. The number of anilines is 1. The zero-order valence-corrected chi connectivity index (χ0v) is 13.9. The lowest BCUT2D eigenvalue weighted by Gasteiger charge is -2.05. The molecule has 3 aromatic rings. The lowest BCUT2D eigenvalue weighted by Crippen LogP contribution is -2.15. The van der Waals surface area contributed by atoms with Crippen molar-refractivity contribution in [1.29, 1.82) is 0 Å². The number of furan rings is 1. The zero-order chi connectivity index (χ0) is 18.5. The average Bonchev–Trinajstić information content (AvgIpc) is 3.27. The Labute approximate surface area is 149 Å². The molecule has 0 radical (unpaired) electrons. The average molecular weight is 378 g/mol. The van der Waals surface area contributed by atoms with E-state index in [1.54, 1.807) is 12.1 Å². The highest BCUT2D eigenvalue weighted by atomic mass is 32.2. The molecule has 2 aromatic heterocycles. The number of tetrazole rings is 1. The van der Waals surface area contributed by atoms with Gasteiger partial charge in [-0.2, -0.15) is 4.39 Å². The summed E-state index contributed by atoms with van der Waals surface area (Å²) in [6.07, 6.45) is 1.53. The van der Waals surface area contributed by atoms with Crippen LogP contribution in [0.4, 0.5) is 15.8 Å². The predicted molar refractivity (Wildman–Crippen MR) is 88.0 cm³/mol. The molecule has 1 amide bonds. The van der Waals surface area contributed by atoms with E-state index in [9.17, 15) is 19.3 Å².